The maximum atomic E-state index is 12.9. The van der Waals surface area contributed by atoms with Gasteiger partial charge in [-0.2, -0.15) is 0 Å². The van der Waals surface area contributed by atoms with Gasteiger partial charge in [0.05, 0.1) is 6.61 Å². The molecular formula is C12H15FO. The van der Waals surface area contributed by atoms with E-state index in [1.807, 2.05) is 19.9 Å². The lowest BCUT2D eigenvalue weighted by atomic mass is 9.95. The summed E-state index contributed by atoms with van der Waals surface area (Å²) >= 11 is 0. The molecule has 0 spiro atoms. The third-order valence-electron chi connectivity index (χ3n) is 2.09. The van der Waals surface area contributed by atoms with E-state index in [2.05, 4.69) is 0 Å². The van der Waals surface area contributed by atoms with Crippen molar-refractivity contribution in [3.8, 4) is 0 Å². The summed E-state index contributed by atoms with van der Waals surface area (Å²) in [4.78, 5) is 0. The number of halogens is 1. The largest absolute Gasteiger partial charge is 0.392 e. The Labute approximate surface area is 83.9 Å². The summed E-state index contributed by atoms with van der Waals surface area (Å²) in [6, 6.07) is 6.44. The van der Waals surface area contributed by atoms with Crippen LogP contribution in [-0.2, 0) is 0 Å². The van der Waals surface area contributed by atoms with Gasteiger partial charge in [0.25, 0.3) is 0 Å². The second-order valence-corrected chi connectivity index (χ2v) is 3.51. The topological polar surface area (TPSA) is 20.2 Å². The second kappa shape index (κ2) is 4.91. The Morgan fingerprint density at radius 3 is 2.71 bits per heavy atom. The summed E-state index contributed by atoms with van der Waals surface area (Å²) < 4.78 is 12.9. The molecule has 0 atom stereocenters. The average Bonchev–Trinajstić information content (AvgIpc) is 2.13. The monoisotopic (exact) mass is 194 g/mol. The van der Waals surface area contributed by atoms with E-state index in [4.69, 9.17) is 5.11 Å². The highest BCUT2D eigenvalue weighted by Crippen LogP contribution is 2.23. The van der Waals surface area contributed by atoms with Crippen LogP contribution in [0.2, 0.25) is 0 Å². The third kappa shape index (κ3) is 2.67. The van der Waals surface area contributed by atoms with Crippen LogP contribution in [-0.4, -0.2) is 11.7 Å². The van der Waals surface area contributed by atoms with Gasteiger partial charge in [-0.25, -0.2) is 4.39 Å². The van der Waals surface area contributed by atoms with Crippen molar-refractivity contribution in [3.05, 3.63) is 41.7 Å². The molecule has 0 heterocycles. The van der Waals surface area contributed by atoms with E-state index in [0.717, 1.165) is 11.1 Å². The normalized spacial score (nSPS) is 12.2. The first kappa shape index (κ1) is 10.9. The van der Waals surface area contributed by atoms with Crippen LogP contribution in [0, 0.1) is 11.7 Å². The van der Waals surface area contributed by atoms with Crippen molar-refractivity contribution in [2.75, 3.05) is 6.61 Å². The maximum absolute atomic E-state index is 12.9. The molecule has 1 nitrogen and oxygen atoms in total. The second-order valence-electron chi connectivity index (χ2n) is 3.51. The molecule has 0 unspecified atom stereocenters. The van der Waals surface area contributed by atoms with Crippen LogP contribution in [0.3, 0.4) is 0 Å². The number of allylic oxidation sites excluding steroid dienone is 1. The highest BCUT2D eigenvalue weighted by Gasteiger charge is 2.06. The minimum Gasteiger partial charge on any atom is -0.392 e. The number of aliphatic hydroxyl groups is 1. The van der Waals surface area contributed by atoms with Crippen LogP contribution in [0.5, 0.6) is 0 Å². The smallest absolute Gasteiger partial charge is 0.123 e. The predicted octanol–water partition coefficient (Wildman–Crippen LogP) is 2.86. The summed E-state index contributed by atoms with van der Waals surface area (Å²) in [5.74, 6) is 0.0379. The Kier molecular flexibility index (Phi) is 3.84. The number of benzene rings is 1. The lowest BCUT2D eigenvalue weighted by molar-refractivity contribution is 0.342. The highest BCUT2D eigenvalue weighted by atomic mass is 19.1. The molecule has 0 aromatic heterocycles. The van der Waals surface area contributed by atoms with Crippen molar-refractivity contribution in [3.63, 3.8) is 0 Å². The van der Waals surface area contributed by atoms with Crippen molar-refractivity contribution >= 4 is 5.57 Å². The fourth-order valence-electron chi connectivity index (χ4n) is 1.45. The van der Waals surface area contributed by atoms with Crippen LogP contribution in [0.25, 0.3) is 5.57 Å². The molecule has 1 rings (SSSR count). The molecule has 0 aliphatic rings. The summed E-state index contributed by atoms with van der Waals surface area (Å²) in [6.45, 7) is 4.03. The summed E-state index contributed by atoms with van der Waals surface area (Å²) in [5.41, 5.74) is 1.82. The van der Waals surface area contributed by atoms with Crippen LogP contribution in [0.1, 0.15) is 19.4 Å². The molecular weight excluding hydrogens is 179 g/mol. The van der Waals surface area contributed by atoms with Gasteiger partial charge in [-0.15, -0.1) is 0 Å². The molecule has 76 valence electrons. The first-order valence-corrected chi connectivity index (χ1v) is 4.72. The highest BCUT2D eigenvalue weighted by molar-refractivity contribution is 5.66. The zero-order valence-electron chi connectivity index (χ0n) is 8.50. The molecule has 0 aliphatic carbocycles. The Morgan fingerprint density at radius 1 is 1.50 bits per heavy atom. The molecule has 1 aromatic carbocycles. The molecule has 0 aliphatic heterocycles. The molecule has 0 bridgehead atoms. The van der Waals surface area contributed by atoms with Crippen molar-refractivity contribution < 1.29 is 9.50 Å². The maximum Gasteiger partial charge on any atom is 0.123 e. The van der Waals surface area contributed by atoms with Gasteiger partial charge in [0, 0.05) is 0 Å². The van der Waals surface area contributed by atoms with Crippen LogP contribution < -0.4 is 0 Å². The zero-order valence-corrected chi connectivity index (χ0v) is 8.50. The van der Waals surface area contributed by atoms with Gasteiger partial charge in [0.1, 0.15) is 5.82 Å². The Balaban J connectivity index is 3.06. The molecule has 2 heteroatoms. The van der Waals surface area contributed by atoms with Gasteiger partial charge in [0.2, 0.25) is 0 Å². The molecule has 14 heavy (non-hydrogen) atoms. The molecule has 0 amide bonds. The van der Waals surface area contributed by atoms with Crippen molar-refractivity contribution in [2.24, 2.45) is 5.92 Å². The quantitative estimate of drug-likeness (QED) is 0.784. The third-order valence-corrected chi connectivity index (χ3v) is 2.09. The van der Waals surface area contributed by atoms with Crippen LogP contribution >= 0.6 is 0 Å². The molecule has 1 N–H and O–H groups in total. The van der Waals surface area contributed by atoms with Crippen molar-refractivity contribution in [1.82, 2.24) is 0 Å². The summed E-state index contributed by atoms with van der Waals surface area (Å²) in [5, 5.41) is 8.85. The Bertz CT molecular complexity index is 329. The predicted molar refractivity (Wildman–Crippen MR) is 56.3 cm³/mol. The summed E-state index contributed by atoms with van der Waals surface area (Å²) in [7, 11) is 0. The first-order valence-electron chi connectivity index (χ1n) is 4.72. The summed E-state index contributed by atoms with van der Waals surface area (Å²) in [6.07, 6.45) is 1.72. The molecule has 0 radical (unpaired) electrons. The van der Waals surface area contributed by atoms with Gasteiger partial charge in [0.15, 0.2) is 0 Å². The van der Waals surface area contributed by atoms with Crippen molar-refractivity contribution in [1.29, 1.82) is 0 Å². The van der Waals surface area contributed by atoms with Gasteiger partial charge in [-0.3, -0.25) is 0 Å². The minimum absolute atomic E-state index is 0.00989. The molecule has 0 fully saturated rings. The lowest BCUT2D eigenvalue weighted by Gasteiger charge is -2.11. The van der Waals surface area contributed by atoms with Crippen LogP contribution in [0.4, 0.5) is 4.39 Å². The zero-order chi connectivity index (χ0) is 10.6. The van der Waals surface area contributed by atoms with E-state index in [0.29, 0.717) is 0 Å². The molecule has 0 saturated heterocycles. The number of rotatable bonds is 3. The van der Waals surface area contributed by atoms with Gasteiger partial charge < -0.3 is 5.11 Å². The molecule has 0 saturated carbocycles. The van der Waals surface area contributed by atoms with E-state index in [1.165, 1.54) is 12.1 Å². The average molecular weight is 194 g/mol. The minimum atomic E-state index is -0.244. The number of hydrogen-bond donors (Lipinski definition) is 1. The van der Waals surface area contributed by atoms with Gasteiger partial charge in [-0.05, 0) is 29.2 Å². The fourth-order valence-corrected chi connectivity index (χ4v) is 1.45. The standard InChI is InChI=1S/C12H15FO/c1-9(2)12(6-7-14)10-4-3-5-11(13)8-10/h3-6,8-9,14H,7H2,1-2H3/b12-6-. The van der Waals surface area contributed by atoms with Gasteiger partial charge in [-0.1, -0.05) is 32.1 Å². The van der Waals surface area contributed by atoms with E-state index in [1.54, 1.807) is 12.1 Å². The van der Waals surface area contributed by atoms with Crippen molar-refractivity contribution in [2.45, 2.75) is 13.8 Å². The van der Waals surface area contributed by atoms with E-state index >= 15 is 0 Å². The van der Waals surface area contributed by atoms with Crippen LogP contribution in [0.15, 0.2) is 30.3 Å². The number of hydrogen-bond acceptors (Lipinski definition) is 1. The fraction of sp³-hybridized carbons (Fsp3) is 0.333. The SMILES string of the molecule is CC(C)/C(=C/CO)c1cccc(F)c1. The Morgan fingerprint density at radius 2 is 2.21 bits per heavy atom. The first-order chi connectivity index (χ1) is 6.65. The van der Waals surface area contributed by atoms with E-state index in [-0.39, 0.29) is 18.3 Å². The number of aliphatic hydroxyl groups excluding tert-OH is 1. The van der Waals surface area contributed by atoms with E-state index < -0.39 is 0 Å². The lowest BCUT2D eigenvalue weighted by Crippen LogP contribution is -1.95. The Hall–Kier alpha value is -1.15. The van der Waals surface area contributed by atoms with E-state index in [9.17, 15) is 4.39 Å². The molecule has 1 aromatic rings. The van der Waals surface area contributed by atoms with Gasteiger partial charge >= 0.3 is 0 Å².